The third-order valence-electron chi connectivity index (χ3n) is 1.77. The normalized spacial score (nSPS) is 8.73. The molecule has 15 heavy (non-hydrogen) atoms. The van der Waals surface area contributed by atoms with Crippen LogP contribution in [0.5, 0.6) is 0 Å². The number of hydrogen-bond acceptors (Lipinski definition) is 3. The third-order valence-corrected chi connectivity index (χ3v) is 2.44. The van der Waals surface area contributed by atoms with Gasteiger partial charge in [-0.2, -0.15) is 10.5 Å². The maximum atomic E-state index is 9.49. The zero-order chi connectivity index (χ0) is 11.3. The molecule has 0 saturated heterocycles. The van der Waals surface area contributed by atoms with Crippen molar-refractivity contribution in [3.63, 3.8) is 0 Å². The molecule has 0 unspecified atom stereocenters. The van der Waals surface area contributed by atoms with Gasteiger partial charge >= 0.3 is 0 Å². The Morgan fingerprint density at radius 2 is 2.00 bits per heavy atom. The molecule has 0 radical (unpaired) electrons. The summed E-state index contributed by atoms with van der Waals surface area (Å²) in [6.07, 6.45) is 0.216. The van der Waals surface area contributed by atoms with Crippen molar-refractivity contribution in [1.82, 2.24) is 0 Å². The minimum absolute atomic E-state index is 0.179. The van der Waals surface area contributed by atoms with Gasteiger partial charge in [0.2, 0.25) is 0 Å². The van der Waals surface area contributed by atoms with Crippen LogP contribution >= 0.6 is 22.6 Å². The van der Waals surface area contributed by atoms with Crippen molar-refractivity contribution in [2.45, 2.75) is 6.42 Å². The van der Waals surface area contributed by atoms with E-state index in [1.165, 1.54) is 0 Å². The van der Waals surface area contributed by atoms with Crippen LogP contribution in [-0.2, 0) is 6.42 Å². The first kappa shape index (κ1) is 11.5. The van der Waals surface area contributed by atoms with Crippen molar-refractivity contribution in [3.8, 4) is 12.1 Å². The number of benzene rings is 1. The molecule has 1 aromatic rings. The van der Waals surface area contributed by atoms with Gasteiger partial charge in [-0.1, -0.05) is 12.1 Å². The summed E-state index contributed by atoms with van der Waals surface area (Å²) in [5.74, 6) is -0.179. The summed E-state index contributed by atoms with van der Waals surface area (Å²) in [7, 11) is 0. The fourth-order valence-corrected chi connectivity index (χ4v) is 1.69. The SMILES string of the molecule is N#CC(C#N)=C(O)Cc1cccc(I)c1. The number of nitriles is 2. The van der Waals surface area contributed by atoms with E-state index in [0.717, 1.165) is 9.13 Å². The fraction of sp³-hybridized carbons (Fsp3) is 0.0909. The Labute approximate surface area is 101 Å². The van der Waals surface area contributed by atoms with Crippen LogP contribution in [-0.4, -0.2) is 5.11 Å². The standard InChI is InChI=1S/C11H7IN2O/c12-10-3-1-2-8(4-10)5-11(15)9(6-13)7-14/h1-4,15H,5H2. The Morgan fingerprint density at radius 1 is 1.33 bits per heavy atom. The first-order valence-corrected chi connectivity index (χ1v) is 5.22. The lowest BCUT2D eigenvalue weighted by Gasteiger charge is -2.01. The zero-order valence-electron chi connectivity index (χ0n) is 7.74. The molecule has 0 fully saturated rings. The summed E-state index contributed by atoms with van der Waals surface area (Å²) >= 11 is 2.16. The second-order valence-electron chi connectivity index (χ2n) is 2.85. The van der Waals surface area contributed by atoms with Crippen LogP contribution in [0.1, 0.15) is 5.56 Å². The number of halogens is 1. The van der Waals surface area contributed by atoms with Crippen molar-refractivity contribution in [2.75, 3.05) is 0 Å². The van der Waals surface area contributed by atoms with E-state index in [9.17, 15) is 5.11 Å². The molecule has 0 aliphatic carbocycles. The maximum absolute atomic E-state index is 9.49. The molecule has 1 rings (SSSR count). The van der Waals surface area contributed by atoms with E-state index in [4.69, 9.17) is 10.5 Å². The molecule has 1 aromatic carbocycles. The Bertz CT molecular complexity index is 464. The zero-order valence-corrected chi connectivity index (χ0v) is 9.89. The Morgan fingerprint density at radius 3 is 2.53 bits per heavy atom. The van der Waals surface area contributed by atoms with Crippen LogP contribution in [0.4, 0.5) is 0 Å². The average molecular weight is 310 g/mol. The molecule has 0 aliphatic heterocycles. The molecule has 74 valence electrons. The maximum Gasteiger partial charge on any atom is 0.167 e. The molecule has 0 heterocycles. The molecule has 0 aliphatic rings. The topological polar surface area (TPSA) is 67.8 Å². The van der Waals surface area contributed by atoms with Crippen molar-refractivity contribution in [1.29, 1.82) is 10.5 Å². The largest absolute Gasteiger partial charge is 0.510 e. The lowest BCUT2D eigenvalue weighted by molar-refractivity contribution is 0.396. The fourth-order valence-electron chi connectivity index (χ4n) is 1.08. The summed E-state index contributed by atoms with van der Waals surface area (Å²) < 4.78 is 1.05. The van der Waals surface area contributed by atoms with Gasteiger partial charge in [0.1, 0.15) is 17.9 Å². The molecule has 4 heteroatoms. The second-order valence-corrected chi connectivity index (χ2v) is 4.10. The number of allylic oxidation sites excluding steroid dienone is 2. The van der Waals surface area contributed by atoms with Gasteiger partial charge in [-0.25, -0.2) is 0 Å². The predicted molar refractivity (Wildman–Crippen MR) is 63.7 cm³/mol. The van der Waals surface area contributed by atoms with Gasteiger partial charge in [0.15, 0.2) is 5.57 Å². The second kappa shape index (κ2) is 5.38. The van der Waals surface area contributed by atoms with Gasteiger partial charge in [0.05, 0.1) is 0 Å². The monoisotopic (exact) mass is 310 g/mol. The molecule has 0 atom stereocenters. The average Bonchev–Trinajstić information content (AvgIpc) is 2.19. The Kier molecular flexibility index (Phi) is 4.14. The highest BCUT2D eigenvalue weighted by Gasteiger charge is 2.05. The van der Waals surface area contributed by atoms with Gasteiger partial charge in [0, 0.05) is 9.99 Å². The molecule has 0 saturated carbocycles. The van der Waals surface area contributed by atoms with Gasteiger partial charge in [-0.3, -0.25) is 0 Å². The number of rotatable bonds is 2. The van der Waals surface area contributed by atoms with Crippen LogP contribution in [0.3, 0.4) is 0 Å². The van der Waals surface area contributed by atoms with Gasteiger partial charge in [0.25, 0.3) is 0 Å². The van der Waals surface area contributed by atoms with E-state index < -0.39 is 0 Å². The molecule has 3 nitrogen and oxygen atoms in total. The highest BCUT2D eigenvalue weighted by molar-refractivity contribution is 14.1. The lowest BCUT2D eigenvalue weighted by Crippen LogP contribution is -1.93. The summed E-state index contributed by atoms with van der Waals surface area (Å²) in [5.41, 5.74) is 0.649. The Balaban J connectivity index is 2.94. The van der Waals surface area contributed by atoms with E-state index in [0.29, 0.717) is 0 Å². The molecule has 1 N–H and O–H groups in total. The molecule has 0 spiro atoms. The van der Waals surface area contributed by atoms with Crippen LogP contribution < -0.4 is 0 Å². The van der Waals surface area contributed by atoms with Crippen LogP contribution in [0.25, 0.3) is 0 Å². The van der Waals surface area contributed by atoms with Gasteiger partial charge in [-0.05, 0) is 40.3 Å². The predicted octanol–water partition coefficient (Wildman–Crippen LogP) is 2.69. The minimum atomic E-state index is -0.228. The number of hydrogen-bond donors (Lipinski definition) is 1. The van der Waals surface area contributed by atoms with E-state index in [2.05, 4.69) is 22.6 Å². The number of nitrogens with zero attached hydrogens (tertiary/aromatic N) is 2. The van der Waals surface area contributed by atoms with E-state index in [1.807, 2.05) is 24.3 Å². The quantitative estimate of drug-likeness (QED) is 0.519. The number of aliphatic hydroxyl groups excluding tert-OH is 1. The summed E-state index contributed by atoms with van der Waals surface area (Å²) in [6.45, 7) is 0. The first-order valence-electron chi connectivity index (χ1n) is 4.14. The Hall–Kier alpha value is -1.53. The highest BCUT2D eigenvalue weighted by Crippen LogP contribution is 2.12. The molecule has 0 amide bonds. The van der Waals surface area contributed by atoms with Gasteiger partial charge in [-0.15, -0.1) is 0 Å². The molecule has 0 aromatic heterocycles. The van der Waals surface area contributed by atoms with E-state index in [1.54, 1.807) is 12.1 Å². The van der Waals surface area contributed by atoms with Crippen molar-refractivity contribution < 1.29 is 5.11 Å². The highest BCUT2D eigenvalue weighted by atomic mass is 127. The van der Waals surface area contributed by atoms with Crippen LogP contribution in [0.2, 0.25) is 0 Å². The molecular weight excluding hydrogens is 303 g/mol. The molecule has 0 bridgehead atoms. The third kappa shape index (κ3) is 3.26. The van der Waals surface area contributed by atoms with Crippen LogP contribution in [0, 0.1) is 26.2 Å². The summed E-state index contributed by atoms with van der Waals surface area (Å²) in [4.78, 5) is 0. The lowest BCUT2D eigenvalue weighted by atomic mass is 10.1. The van der Waals surface area contributed by atoms with E-state index in [-0.39, 0.29) is 17.8 Å². The minimum Gasteiger partial charge on any atom is -0.510 e. The summed E-state index contributed by atoms with van der Waals surface area (Å²) in [5, 5.41) is 26.6. The first-order chi connectivity index (χ1) is 7.17. The molecular formula is C11H7IN2O. The summed E-state index contributed by atoms with van der Waals surface area (Å²) in [6, 6.07) is 10.8. The smallest absolute Gasteiger partial charge is 0.167 e. The van der Waals surface area contributed by atoms with Gasteiger partial charge < -0.3 is 5.11 Å². The number of aliphatic hydroxyl groups is 1. The van der Waals surface area contributed by atoms with E-state index >= 15 is 0 Å². The van der Waals surface area contributed by atoms with Crippen LogP contribution in [0.15, 0.2) is 35.6 Å². The van der Waals surface area contributed by atoms with Crippen molar-refractivity contribution in [3.05, 3.63) is 44.7 Å². The van der Waals surface area contributed by atoms with Crippen molar-refractivity contribution in [2.24, 2.45) is 0 Å². The van der Waals surface area contributed by atoms with Crippen molar-refractivity contribution >= 4 is 22.6 Å².